The first-order chi connectivity index (χ1) is 9.31. The van der Waals surface area contributed by atoms with Crippen LogP contribution in [-0.2, 0) is 12.4 Å². The Morgan fingerprint density at radius 3 is 2.89 bits per heavy atom. The summed E-state index contributed by atoms with van der Waals surface area (Å²) in [6, 6.07) is 6.05. The number of imidazole rings is 1. The molecule has 1 aliphatic carbocycles. The number of alkyl halides is 1. The summed E-state index contributed by atoms with van der Waals surface area (Å²) in [5.74, 6) is 3.17. The zero-order valence-corrected chi connectivity index (χ0v) is 12.0. The first-order valence-electron chi connectivity index (χ1n) is 6.91. The van der Waals surface area contributed by atoms with Crippen molar-refractivity contribution in [1.29, 1.82) is 0 Å². The molecule has 102 valence electrons. The predicted octanol–water partition coefficient (Wildman–Crippen LogP) is 3.97. The zero-order valence-electron chi connectivity index (χ0n) is 11.2. The molecular weight excluding hydrogens is 260 g/mol. The summed E-state index contributed by atoms with van der Waals surface area (Å²) in [5, 5.41) is 0. The van der Waals surface area contributed by atoms with E-state index in [9.17, 15) is 0 Å². The third kappa shape index (κ3) is 2.44. The number of rotatable bonds is 5. The number of methoxy groups -OCH3 is 1. The Kier molecular flexibility index (Phi) is 3.65. The lowest BCUT2D eigenvalue weighted by molar-refractivity contribution is 0.282. The fourth-order valence-electron chi connectivity index (χ4n) is 2.73. The van der Waals surface area contributed by atoms with E-state index in [4.69, 9.17) is 16.3 Å². The number of aromatic nitrogens is 2. The maximum absolute atomic E-state index is 6.03. The number of aryl methyl sites for hydroxylation is 1. The van der Waals surface area contributed by atoms with E-state index < -0.39 is 0 Å². The van der Waals surface area contributed by atoms with Crippen LogP contribution < -0.4 is 4.74 Å². The lowest BCUT2D eigenvalue weighted by Gasteiger charge is -2.25. The minimum atomic E-state index is 0.460. The normalized spacial score (nSPS) is 15.7. The monoisotopic (exact) mass is 278 g/mol. The largest absolute Gasteiger partial charge is 0.497 e. The highest BCUT2D eigenvalue weighted by molar-refractivity contribution is 6.16. The second-order valence-electron chi connectivity index (χ2n) is 5.25. The van der Waals surface area contributed by atoms with Gasteiger partial charge in [0, 0.05) is 12.6 Å². The van der Waals surface area contributed by atoms with Crippen molar-refractivity contribution < 1.29 is 4.74 Å². The lowest BCUT2D eigenvalue weighted by Crippen LogP contribution is -2.14. The van der Waals surface area contributed by atoms with E-state index >= 15 is 0 Å². The van der Waals surface area contributed by atoms with E-state index in [2.05, 4.69) is 15.6 Å². The number of nitrogens with zero attached hydrogens (tertiary/aromatic N) is 2. The summed E-state index contributed by atoms with van der Waals surface area (Å²) in [6.45, 7) is 1.02. The van der Waals surface area contributed by atoms with Crippen molar-refractivity contribution in [3.8, 4) is 5.75 Å². The molecule has 1 aromatic heterocycles. The van der Waals surface area contributed by atoms with Gasteiger partial charge in [0.2, 0.25) is 0 Å². The molecule has 3 rings (SSSR count). The Morgan fingerprint density at radius 1 is 1.42 bits per heavy atom. The van der Waals surface area contributed by atoms with Gasteiger partial charge in [-0.1, -0.05) is 19.3 Å². The SMILES string of the molecule is COc1ccc2c(c1)nc(CCl)n2CCC1CCC1. The van der Waals surface area contributed by atoms with Crippen molar-refractivity contribution in [2.24, 2.45) is 5.92 Å². The van der Waals surface area contributed by atoms with Gasteiger partial charge in [0.15, 0.2) is 0 Å². The molecule has 0 N–H and O–H groups in total. The highest BCUT2D eigenvalue weighted by Crippen LogP contribution is 2.31. The van der Waals surface area contributed by atoms with Crippen LogP contribution in [0.15, 0.2) is 18.2 Å². The van der Waals surface area contributed by atoms with Crippen molar-refractivity contribution in [2.75, 3.05) is 7.11 Å². The average Bonchev–Trinajstić information content (AvgIpc) is 2.74. The number of ether oxygens (including phenoxy) is 1. The molecular formula is C15H19ClN2O. The molecule has 3 nitrogen and oxygen atoms in total. The van der Waals surface area contributed by atoms with E-state index in [0.717, 1.165) is 35.1 Å². The maximum atomic E-state index is 6.03. The number of hydrogen-bond acceptors (Lipinski definition) is 2. The molecule has 1 fully saturated rings. The van der Waals surface area contributed by atoms with Crippen molar-refractivity contribution >= 4 is 22.6 Å². The van der Waals surface area contributed by atoms with Gasteiger partial charge in [-0.3, -0.25) is 0 Å². The molecule has 1 aromatic carbocycles. The first kappa shape index (κ1) is 12.8. The van der Waals surface area contributed by atoms with Gasteiger partial charge in [0.1, 0.15) is 11.6 Å². The quantitative estimate of drug-likeness (QED) is 0.774. The second kappa shape index (κ2) is 5.41. The number of fused-ring (bicyclic) bond motifs is 1. The Hall–Kier alpha value is -1.22. The van der Waals surface area contributed by atoms with Crippen LogP contribution in [0.25, 0.3) is 11.0 Å². The molecule has 0 aliphatic heterocycles. The van der Waals surface area contributed by atoms with E-state index in [1.54, 1.807) is 7.11 Å². The molecule has 1 saturated carbocycles. The lowest BCUT2D eigenvalue weighted by atomic mass is 9.83. The van der Waals surface area contributed by atoms with Crippen molar-refractivity contribution in [1.82, 2.24) is 9.55 Å². The highest BCUT2D eigenvalue weighted by Gasteiger charge is 2.18. The Balaban J connectivity index is 1.90. The number of halogens is 1. The molecule has 1 aliphatic rings. The molecule has 0 bridgehead atoms. The van der Waals surface area contributed by atoms with Gasteiger partial charge in [0.05, 0.1) is 24.0 Å². The molecule has 0 amide bonds. The second-order valence-corrected chi connectivity index (χ2v) is 5.52. The van der Waals surface area contributed by atoms with E-state index in [1.165, 1.54) is 25.7 Å². The maximum Gasteiger partial charge on any atom is 0.124 e. The van der Waals surface area contributed by atoms with E-state index in [-0.39, 0.29) is 0 Å². The molecule has 2 aromatic rings. The summed E-state index contributed by atoms with van der Waals surface area (Å²) in [5.41, 5.74) is 2.14. The average molecular weight is 279 g/mol. The summed E-state index contributed by atoms with van der Waals surface area (Å²) in [4.78, 5) is 4.61. The molecule has 0 spiro atoms. The summed E-state index contributed by atoms with van der Waals surface area (Å²) in [6.07, 6.45) is 5.41. The fraction of sp³-hybridized carbons (Fsp3) is 0.533. The summed E-state index contributed by atoms with van der Waals surface area (Å²) >= 11 is 6.03. The van der Waals surface area contributed by atoms with Crippen LogP contribution in [0, 0.1) is 5.92 Å². The fourth-order valence-corrected chi connectivity index (χ4v) is 2.94. The standard InChI is InChI=1S/C15H19ClN2O/c1-19-12-5-6-14-13(9-12)17-15(10-16)18(14)8-7-11-3-2-4-11/h5-6,9,11H,2-4,7-8,10H2,1H3. The predicted molar refractivity (Wildman–Crippen MR) is 77.8 cm³/mol. The van der Waals surface area contributed by atoms with E-state index in [0.29, 0.717) is 5.88 Å². The highest BCUT2D eigenvalue weighted by atomic mass is 35.5. The van der Waals surface area contributed by atoms with Crippen molar-refractivity contribution in [3.05, 3.63) is 24.0 Å². The van der Waals surface area contributed by atoms with Gasteiger partial charge < -0.3 is 9.30 Å². The van der Waals surface area contributed by atoms with Gasteiger partial charge in [-0.2, -0.15) is 0 Å². The van der Waals surface area contributed by atoms with Crippen LogP contribution in [0.4, 0.5) is 0 Å². The van der Waals surface area contributed by atoms with Crippen LogP contribution >= 0.6 is 11.6 Å². The number of benzene rings is 1. The third-order valence-electron chi connectivity index (χ3n) is 4.14. The van der Waals surface area contributed by atoms with E-state index in [1.807, 2.05) is 12.1 Å². The first-order valence-corrected chi connectivity index (χ1v) is 7.44. The van der Waals surface area contributed by atoms with Crippen LogP contribution in [0.5, 0.6) is 5.75 Å². The molecule has 19 heavy (non-hydrogen) atoms. The minimum absolute atomic E-state index is 0.460. The van der Waals surface area contributed by atoms with Gasteiger partial charge in [-0.05, 0) is 24.5 Å². The zero-order chi connectivity index (χ0) is 13.2. The Bertz CT molecular complexity index is 575. The molecule has 1 heterocycles. The molecule has 0 radical (unpaired) electrons. The van der Waals surface area contributed by atoms with Crippen LogP contribution in [0.1, 0.15) is 31.5 Å². The molecule has 0 atom stereocenters. The van der Waals surface area contributed by atoms with Crippen LogP contribution in [0.2, 0.25) is 0 Å². The molecule has 0 saturated heterocycles. The van der Waals surface area contributed by atoms with Crippen LogP contribution in [-0.4, -0.2) is 16.7 Å². The molecule has 4 heteroatoms. The van der Waals surface area contributed by atoms with Crippen molar-refractivity contribution in [3.63, 3.8) is 0 Å². The molecule has 0 unspecified atom stereocenters. The van der Waals surface area contributed by atoms with Gasteiger partial charge >= 0.3 is 0 Å². The van der Waals surface area contributed by atoms with Crippen molar-refractivity contribution in [2.45, 2.75) is 38.1 Å². The van der Waals surface area contributed by atoms with Gasteiger partial charge in [-0.25, -0.2) is 4.98 Å². The Morgan fingerprint density at radius 2 is 2.26 bits per heavy atom. The topological polar surface area (TPSA) is 27.1 Å². The Labute approximate surface area is 118 Å². The summed E-state index contributed by atoms with van der Waals surface area (Å²) in [7, 11) is 1.68. The smallest absolute Gasteiger partial charge is 0.124 e. The summed E-state index contributed by atoms with van der Waals surface area (Å²) < 4.78 is 7.51. The van der Waals surface area contributed by atoms with Crippen LogP contribution in [0.3, 0.4) is 0 Å². The minimum Gasteiger partial charge on any atom is -0.497 e. The van der Waals surface area contributed by atoms with Gasteiger partial charge in [0.25, 0.3) is 0 Å². The third-order valence-corrected chi connectivity index (χ3v) is 4.38. The number of hydrogen-bond donors (Lipinski definition) is 0. The van der Waals surface area contributed by atoms with Gasteiger partial charge in [-0.15, -0.1) is 11.6 Å².